The Morgan fingerprint density at radius 1 is 1.26 bits per heavy atom. The number of rotatable bonds is 3. The van der Waals surface area contributed by atoms with Crippen LogP contribution in [0.15, 0.2) is 16.6 Å². The summed E-state index contributed by atoms with van der Waals surface area (Å²) in [5.74, 6) is -2.13. The largest absolute Gasteiger partial charge is 0.444 e. The number of anilines is 1. The van der Waals surface area contributed by atoms with Gasteiger partial charge in [0.2, 0.25) is 5.91 Å². The molecule has 2 rings (SSSR count). The van der Waals surface area contributed by atoms with Crippen LogP contribution < -0.4 is 11.1 Å². The Morgan fingerprint density at radius 3 is 2.37 bits per heavy atom. The van der Waals surface area contributed by atoms with Gasteiger partial charge in [-0.05, 0) is 61.7 Å². The number of amides is 3. The molecule has 9 heteroatoms. The van der Waals surface area contributed by atoms with Gasteiger partial charge < -0.3 is 20.7 Å². The second kappa shape index (κ2) is 8.24. The molecule has 0 saturated carbocycles. The van der Waals surface area contributed by atoms with Crippen LogP contribution in [0, 0.1) is 11.7 Å². The van der Waals surface area contributed by atoms with Crippen LogP contribution in [0.1, 0.15) is 44.0 Å². The lowest BCUT2D eigenvalue weighted by Crippen LogP contribution is -2.43. The quantitative estimate of drug-likeness (QED) is 0.747. The summed E-state index contributed by atoms with van der Waals surface area (Å²) in [6.45, 7) is 6.16. The van der Waals surface area contributed by atoms with E-state index < -0.39 is 23.4 Å². The first-order valence-electron chi connectivity index (χ1n) is 8.55. The molecule has 0 atom stereocenters. The summed E-state index contributed by atoms with van der Waals surface area (Å²) < 4.78 is 19.1. The maximum atomic E-state index is 13.6. The maximum Gasteiger partial charge on any atom is 0.410 e. The molecule has 1 heterocycles. The van der Waals surface area contributed by atoms with Crippen molar-refractivity contribution in [2.24, 2.45) is 11.7 Å². The van der Waals surface area contributed by atoms with Gasteiger partial charge in [-0.25, -0.2) is 9.18 Å². The lowest BCUT2D eigenvalue weighted by molar-refractivity contribution is -0.121. The Hall–Kier alpha value is -2.16. The molecule has 1 aliphatic heterocycles. The number of nitrogens with zero attached hydrogens (tertiary/aromatic N) is 1. The third kappa shape index (κ3) is 5.66. The number of nitrogens with one attached hydrogen (secondary N) is 1. The zero-order valence-corrected chi connectivity index (χ0v) is 17.1. The maximum absolute atomic E-state index is 13.6. The smallest absolute Gasteiger partial charge is 0.410 e. The fourth-order valence-electron chi connectivity index (χ4n) is 2.74. The van der Waals surface area contributed by atoms with Crippen molar-refractivity contribution < 1.29 is 23.5 Å². The first-order valence-corrected chi connectivity index (χ1v) is 9.35. The molecule has 1 fully saturated rings. The van der Waals surface area contributed by atoms with Crippen molar-refractivity contribution in [3.05, 3.63) is 28.0 Å². The van der Waals surface area contributed by atoms with E-state index in [9.17, 15) is 18.8 Å². The van der Waals surface area contributed by atoms with E-state index in [-0.39, 0.29) is 27.5 Å². The summed E-state index contributed by atoms with van der Waals surface area (Å²) in [6.07, 6.45) is 0.512. The standard InChI is InChI=1S/C18H23BrFN3O4/c1-18(2,3)27-17(26)23-6-4-10(5-7-23)16(25)22-14-9-12(19)13(20)8-11(14)15(21)24/h8-10H,4-7H2,1-3H3,(H2,21,24)(H,22,25). The monoisotopic (exact) mass is 443 g/mol. The third-order valence-electron chi connectivity index (χ3n) is 4.10. The average Bonchev–Trinajstić information content (AvgIpc) is 2.56. The molecule has 3 amide bonds. The van der Waals surface area contributed by atoms with Crippen molar-refractivity contribution in [2.45, 2.75) is 39.2 Å². The Morgan fingerprint density at radius 2 is 1.85 bits per heavy atom. The van der Waals surface area contributed by atoms with Crippen LogP contribution in [0.4, 0.5) is 14.9 Å². The van der Waals surface area contributed by atoms with Gasteiger partial charge in [0.1, 0.15) is 11.4 Å². The van der Waals surface area contributed by atoms with Crippen LogP contribution in [0.3, 0.4) is 0 Å². The molecule has 1 aliphatic rings. The summed E-state index contributed by atoms with van der Waals surface area (Å²) in [4.78, 5) is 37.7. The molecule has 0 aromatic heterocycles. The number of ether oxygens (including phenoxy) is 1. The fraction of sp³-hybridized carbons (Fsp3) is 0.500. The van der Waals surface area contributed by atoms with E-state index >= 15 is 0 Å². The molecule has 27 heavy (non-hydrogen) atoms. The van der Waals surface area contributed by atoms with E-state index in [1.54, 1.807) is 25.7 Å². The Balaban J connectivity index is 2.00. The predicted molar refractivity (Wildman–Crippen MR) is 102 cm³/mol. The number of benzene rings is 1. The topological polar surface area (TPSA) is 102 Å². The molecular formula is C18H23BrFN3O4. The lowest BCUT2D eigenvalue weighted by atomic mass is 9.96. The van der Waals surface area contributed by atoms with E-state index in [2.05, 4.69) is 21.2 Å². The molecule has 0 bridgehead atoms. The van der Waals surface area contributed by atoms with Crippen LogP contribution in [0.5, 0.6) is 0 Å². The SMILES string of the molecule is CC(C)(C)OC(=O)N1CCC(C(=O)Nc2cc(Br)c(F)cc2C(N)=O)CC1. The van der Waals surface area contributed by atoms with Gasteiger partial charge in [0, 0.05) is 19.0 Å². The molecule has 0 unspecified atom stereocenters. The lowest BCUT2D eigenvalue weighted by Gasteiger charge is -2.33. The highest BCUT2D eigenvalue weighted by Crippen LogP contribution is 2.27. The van der Waals surface area contributed by atoms with Gasteiger partial charge in [0.15, 0.2) is 0 Å². The zero-order chi connectivity index (χ0) is 20.4. The number of piperidine rings is 1. The molecule has 0 aliphatic carbocycles. The number of nitrogens with two attached hydrogens (primary N) is 1. The van der Waals surface area contributed by atoms with Crippen molar-refractivity contribution >= 4 is 39.5 Å². The number of hydrogen-bond acceptors (Lipinski definition) is 4. The van der Waals surface area contributed by atoms with Crippen molar-refractivity contribution in [1.82, 2.24) is 4.90 Å². The van der Waals surface area contributed by atoms with Gasteiger partial charge in [0.25, 0.3) is 5.91 Å². The minimum atomic E-state index is -0.837. The first-order chi connectivity index (χ1) is 12.5. The van der Waals surface area contributed by atoms with Crippen LogP contribution in [0.25, 0.3) is 0 Å². The van der Waals surface area contributed by atoms with Crippen LogP contribution in [-0.4, -0.2) is 41.5 Å². The predicted octanol–water partition coefficient (Wildman–Crippen LogP) is 3.27. The molecule has 3 N–H and O–H groups in total. The number of likely N-dealkylation sites (tertiary alicyclic amines) is 1. The molecule has 7 nitrogen and oxygen atoms in total. The number of carbonyl (C=O) groups excluding carboxylic acids is 3. The van der Waals surface area contributed by atoms with E-state index in [0.29, 0.717) is 25.9 Å². The molecule has 0 spiro atoms. The summed E-state index contributed by atoms with van der Waals surface area (Å²) in [5, 5.41) is 2.64. The van der Waals surface area contributed by atoms with Gasteiger partial charge in [-0.3, -0.25) is 9.59 Å². The van der Waals surface area contributed by atoms with E-state index in [1.807, 2.05) is 0 Å². The molecule has 0 radical (unpaired) electrons. The molecular weight excluding hydrogens is 421 g/mol. The number of primary amides is 1. The molecule has 1 aromatic rings. The Bertz CT molecular complexity index is 756. The van der Waals surface area contributed by atoms with Crippen molar-refractivity contribution in [3.8, 4) is 0 Å². The highest BCUT2D eigenvalue weighted by molar-refractivity contribution is 9.10. The van der Waals surface area contributed by atoms with E-state index in [1.165, 1.54) is 6.07 Å². The van der Waals surface area contributed by atoms with Crippen LogP contribution >= 0.6 is 15.9 Å². The minimum absolute atomic E-state index is 0.102. The van der Waals surface area contributed by atoms with Crippen molar-refractivity contribution in [3.63, 3.8) is 0 Å². The van der Waals surface area contributed by atoms with E-state index in [4.69, 9.17) is 10.5 Å². The Kier molecular flexibility index (Phi) is 6.46. The van der Waals surface area contributed by atoms with Crippen LogP contribution in [0.2, 0.25) is 0 Å². The van der Waals surface area contributed by atoms with Crippen molar-refractivity contribution in [2.75, 3.05) is 18.4 Å². The summed E-state index contributed by atoms with van der Waals surface area (Å²) in [7, 11) is 0. The van der Waals surface area contributed by atoms with Gasteiger partial charge >= 0.3 is 6.09 Å². The molecule has 1 saturated heterocycles. The summed E-state index contributed by atoms with van der Waals surface area (Å²) >= 11 is 3.03. The first kappa shape index (κ1) is 21.1. The van der Waals surface area contributed by atoms with E-state index in [0.717, 1.165) is 6.07 Å². The minimum Gasteiger partial charge on any atom is -0.444 e. The van der Waals surface area contributed by atoms with Gasteiger partial charge in [-0.2, -0.15) is 0 Å². The number of halogens is 2. The molecule has 1 aromatic carbocycles. The second-order valence-corrected chi connectivity index (χ2v) is 8.26. The number of carbonyl (C=O) groups is 3. The Labute approximate surface area is 165 Å². The highest BCUT2D eigenvalue weighted by Gasteiger charge is 2.30. The highest BCUT2D eigenvalue weighted by atomic mass is 79.9. The average molecular weight is 444 g/mol. The fourth-order valence-corrected chi connectivity index (χ4v) is 3.08. The summed E-state index contributed by atoms with van der Waals surface area (Å²) in [5.41, 5.74) is 4.73. The van der Waals surface area contributed by atoms with Crippen LogP contribution in [-0.2, 0) is 9.53 Å². The van der Waals surface area contributed by atoms with Gasteiger partial charge in [-0.1, -0.05) is 0 Å². The third-order valence-corrected chi connectivity index (χ3v) is 4.71. The number of hydrogen-bond donors (Lipinski definition) is 2. The second-order valence-electron chi connectivity index (χ2n) is 7.41. The summed E-state index contributed by atoms with van der Waals surface area (Å²) in [6, 6.07) is 2.29. The van der Waals surface area contributed by atoms with Gasteiger partial charge in [-0.15, -0.1) is 0 Å². The zero-order valence-electron chi connectivity index (χ0n) is 15.5. The molecule has 148 valence electrons. The van der Waals surface area contributed by atoms with Gasteiger partial charge in [0.05, 0.1) is 15.7 Å². The normalized spacial score (nSPS) is 15.4. The van der Waals surface area contributed by atoms with Crippen molar-refractivity contribution in [1.29, 1.82) is 0 Å².